The third-order valence-corrected chi connectivity index (χ3v) is 7.41. The number of fused-ring (bicyclic) bond motifs is 1. The van der Waals surface area contributed by atoms with Crippen LogP contribution in [0.2, 0.25) is 0 Å². The van der Waals surface area contributed by atoms with E-state index in [1.54, 1.807) is 41.3 Å². The fourth-order valence-electron chi connectivity index (χ4n) is 3.43. The number of anilines is 1. The number of carbonyl (C=O) groups is 1. The summed E-state index contributed by atoms with van der Waals surface area (Å²) in [6.07, 6.45) is 1.17. The van der Waals surface area contributed by atoms with Crippen molar-refractivity contribution >= 4 is 42.4 Å². The van der Waals surface area contributed by atoms with Crippen LogP contribution in [-0.2, 0) is 14.6 Å². The molecule has 1 fully saturated rings. The molecule has 10 heteroatoms. The summed E-state index contributed by atoms with van der Waals surface area (Å²) in [4.78, 5) is 22.1. The molecule has 1 amide bonds. The van der Waals surface area contributed by atoms with Gasteiger partial charge in [0.15, 0.2) is 15.0 Å². The first-order valence-electron chi connectivity index (χ1n) is 10.1. The maximum absolute atomic E-state index is 13.4. The van der Waals surface area contributed by atoms with E-state index in [0.29, 0.717) is 52.8 Å². The molecule has 0 N–H and O–H groups in total. The van der Waals surface area contributed by atoms with Gasteiger partial charge in [-0.15, -0.1) is 0 Å². The fraction of sp³-hybridized carbons (Fsp3) is 0.318. The van der Waals surface area contributed by atoms with Gasteiger partial charge in [-0.1, -0.05) is 11.3 Å². The summed E-state index contributed by atoms with van der Waals surface area (Å²) in [5.41, 5.74) is 1.58. The Hall–Kier alpha value is -2.84. The van der Waals surface area contributed by atoms with Crippen LogP contribution in [-0.4, -0.2) is 69.9 Å². The van der Waals surface area contributed by atoms with Crippen molar-refractivity contribution in [2.45, 2.75) is 4.90 Å². The zero-order chi connectivity index (χ0) is 22.7. The van der Waals surface area contributed by atoms with Gasteiger partial charge in [-0.2, -0.15) is 5.26 Å². The maximum atomic E-state index is 13.4. The molecule has 1 aliphatic heterocycles. The van der Waals surface area contributed by atoms with E-state index in [9.17, 15) is 13.2 Å². The lowest BCUT2D eigenvalue weighted by molar-refractivity contribution is 0.0391. The summed E-state index contributed by atoms with van der Waals surface area (Å²) >= 11 is 1.29. The van der Waals surface area contributed by atoms with Gasteiger partial charge in [0.25, 0.3) is 5.91 Å². The standard InChI is InChI=1S/C22H22N4O4S2/c1-32(28,29)18-6-7-19-20(14-18)31-22(24-19)26(9-8-25-10-12-30-13-11-25)21(27)17-4-2-16(15-23)3-5-17/h2-7,14H,8-13H2,1H3. The molecule has 2 aromatic carbocycles. The topological polar surface area (TPSA) is 104 Å². The molecule has 3 aromatic rings. The number of thiazole rings is 1. The van der Waals surface area contributed by atoms with E-state index in [1.165, 1.54) is 23.7 Å². The summed E-state index contributed by atoms with van der Waals surface area (Å²) in [6, 6.07) is 13.3. The molecular weight excluding hydrogens is 448 g/mol. The van der Waals surface area contributed by atoms with Crippen LogP contribution in [0.4, 0.5) is 5.13 Å². The number of hydrogen-bond acceptors (Lipinski definition) is 8. The van der Waals surface area contributed by atoms with Crippen LogP contribution in [0.1, 0.15) is 15.9 Å². The molecule has 0 spiro atoms. The molecule has 0 atom stereocenters. The number of benzene rings is 2. The lowest BCUT2D eigenvalue weighted by atomic mass is 10.1. The summed E-state index contributed by atoms with van der Waals surface area (Å²) in [5, 5.41) is 9.54. The molecule has 1 aliphatic rings. The van der Waals surface area contributed by atoms with E-state index >= 15 is 0 Å². The summed E-state index contributed by atoms with van der Waals surface area (Å²) in [5.74, 6) is -0.217. The van der Waals surface area contributed by atoms with Crippen LogP contribution in [0, 0.1) is 11.3 Å². The Labute approximate surface area is 190 Å². The molecule has 32 heavy (non-hydrogen) atoms. The highest BCUT2D eigenvalue weighted by Gasteiger charge is 2.23. The van der Waals surface area contributed by atoms with E-state index in [1.807, 2.05) is 0 Å². The molecule has 1 saturated heterocycles. The van der Waals surface area contributed by atoms with Gasteiger partial charge in [-0.3, -0.25) is 14.6 Å². The Bertz CT molecular complexity index is 1270. The highest BCUT2D eigenvalue weighted by Crippen LogP contribution is 2.31. The van der Waals surface area contributed by atoms with E-state index in [0.717, 1.165) is 13.1 Å². The Balaban J connectivity index is 1.67. The number of sulfone groups is 1. The van der Waals surface area contributed by atoms with Crippen LogP contribution in [0.25, 0.3) is 10.2 Å². The van der Waals surface area contributed by atoms with E-state index in [4.69, 9.17) is 10.00 Å². The third kappa shape index (κ3) is 4.97. The number of aromatic nitrogens is 1. The molecule has 1 aromatic heterocycles. The van der Waals surface area contributed by atoms with Crippen molar-refractivity contribution in [3.63, 3.8) is 0 Å². The highest BCUT2D eigenvalue weighted by atomic mass is 32.2. The van der Waals surface area contributed by atoms with Crippen LogP contribution >= 0.6 is 11.3 Å². The van der Waals surface area contributed by atoms with Crippen LogP contribution in [0.15, 0.2) is 47.4 Å². The molecule has 0 aliphatic carbocycles. The fourth-order valence-corrected chi connectivity index (χ4v) is 5.18. The molecule has 0 unspecified atom stereocenters. The lowest BCUT2D eigenvalue weighted by Gasteiger charge is -2.29. The minimum Gasteiger partial charge on any atom is -0.379 e. The average Bonchev–Trinajstić information content (AvgIpc) is 3.22. The van der Waals surface area contributed by atoms with Gasteiger partial charge in [0.05, 0.1) is 40.0 Å². The summed E-state index contributed by atoms with van der Waals surface area (Å²) < 4.78 is 29.9. The first-order chi connectivity index (χ1) is 15.3. The zero-order valence-electron chi connectivity index (χ0n) is 17.5. The molecule has 166 valence electrons. The van der Waals surface area contributed by atoms with E-state index < -0.39 is 9.84 Å². The molecule has 2 heterocycles. The first kappa shape index (κ1) is 22.4. The van der Waals surface area contributed by atoms with Crippen molar-refractivity contribution in [3.8, 4) is 6.07 Å². The Kier molecular flexibility index (Phi) is 6.53. The number of morpholine rings is 1. The quantitative estimate of drug-likeness (QED) is 0.545. The Morgan fingerprint density at radius 2 is 1.94 bits per heavy atom. The van der Waals surface area contributed by atoms with Crippen LogP contribution in [0.5, 0.6) is 0 Å². The van der Waals surface area contributed by atoms with Crippen molar-refractivity contribution in [3.05, 3.63) is 53.6 Å². The van der Waals surface area contributed by atoms with Crippen molar-refractivity contribution < 1.29 is 17.9 Å². The van der Waals surface area contributed by atoms with E-state index in [2.05, 4.69) is 16.0 Å². The Morgan fingerprint density at radius 3 is 2.59 bits per heavy atom. The van der Waals surface area contributed by atoms with Gasteiger partial charge in [0.2, 0.25) is 0 Å². The molecule has 0 radical (unpaired) electrons. The second-order valence-electron chi connectivity index (χ2n) is 7.50. The second kappa shape index (κ2) is 9.34. The normalized spacial score (nSPS) is 14.9. The maximum Gasteiger partial charge on any atom is 0.260 e. The monoisotopic (exact) mass is 470 g/mol. The predicted molar refractivity (Wildman–Crippen MR) is 123 cm³/mol. The van der Waals surface area contributed by atoms with Gasteiger partial charge in [0, 0.05) is 38.0 Å². The van der Waals surface area contributed by atoms with Crippen molar-refractivity contribution in [2.75, 3.05) is 50.5 Å². The van der Waals surface area contributed by atoms with Crippen molar-refractivity contribution in [1.29, 1.82) is 5.26 Å². The number of hydrogen-bond donors (Lipinski definition) is 0. The SMILES string of the molecule is CS(=O)(=O)c1ccc2nc(N(CCN3CCOCC3)C(=O)c3ccc(C#N)cc3)sc2c1. The minimum atomic E-state index is -3.34. The van der Waals surface area contributed by atoms with Gasteiger partial charge < -0.3 is 4.74 Å². The number of nitrogens with zero attached hydrogens (tertiary/aromatic N) is 4. The Morgan fingerprint density at radius 1 is 1.22 bits per heavy atom. The first-order valence-corrected chi connectivity index (χ1v) is 12.8. The molecule has 4 rings (SSSR count). The van der Waals surface area contributed by atoms with Gasteiger partial charge >= 0.3 is 0 Å². The summed E-state index contributed by atoms with van der Waals surface area (Å²) in [7, 11) is -3.34. The number of nitriles is 1. The largest absolute Gasteiger partial charge is 0.379 e. The van der Waals surface area contributed by atoms with Crippen molar-refractivity contribution in [1.82, 2.24) is 9.88 Å². The third-order valence-electron chi connectivity index (χ3n) is 5.26. The number of carbonyl (C=O) groups excluding carboxylic acids is 1. The lowest BCUT2D eigenvalue weighted by Crippen LogP contribution is -2.43. The number of amides is 1. The highest BCUT2D eigenvalue weighted by molar-refractivity contribution is 7.90. The smallest absolute Gasteiger partial charge is 0.260 e. The predicted octanol–water partition coefficient (Wildman–Crippen LogP) is 2.55. The molecule has 0 saturated carbocycles. The number of rotatable bonds is 6. The molecule has 0 bridgehead atoms. The van der Waals surface area contributed by atoms with Gasteiger partial charge in [0.1, 0.15) is 0 Å². The van der Waals surface area contributed by atoms with Crippen LogP contribution < -0.4 is 4.90 Å². The molecule has 8 nitrogen and oxygen atoms in total. The molecular formula is C22H22N4O4S2. The van der Waals surface area contributed by atoms with Crippen molar-refractivity contribution in [2.24, 2.45) is 0 Å². The number of ether oxygens (including phenoxy) is 1. The second-order valence-corrected chi connectivity index (χ2v) is 10.5. The zero-order valence-corrected chi connectivity index (χ0v) is 19.2. The van der Waals surface area contributed by atoms with Crippen LogP contribution in [0.3, 0.4) is 0 Å². The summed E-state index contributed by atoms with van der Waals surface area (Å²) in [6.45, 7) is 4.03. The van der Waals surface area contributed by atoms with Gasteiger partial charge in [-0.25, -0.2) is 13.4 Å². The average molecular weight is 471 g/mol. The van der Waals surface area contributed by atoms with E-state index in [-0.39, 0.29) is 10.8 Å². The van der Waals surface area contributed by atoms with Gasteiger partial charge in [-0.05, 0) is 42.5 Å². The minimum absolute atomic E-state index is 0.217.